The number of carboxylic acids is 2. The van der Waals surface area contributed by atoms with Gasteiger partial charge >= 0.3 is 0 Å². The number of aromatic carboxylic acids is 2. The van der Waals surface area contributed by atoms with Gasteiger partial charge in [-0.25, -0.2) is 0 Å². The third-order valence-corrected chi connectivity index (χ3v) is 21.0. The van der Waals surface area contributed by atoms with Gasteiger partial charge in [0, 0.05) is 0 Å². The Labute approximate surface area is 587 Å². The lowest BCUT2D eigenvalue weighted by atomic mass is 10.0. The van der Waals surface area contributed by atoms with Gasteiger partial charge in [0.2, 0.25) is 0 Å². The summed E-state index contributed by atoms with van der Waals surface area (Å²) in [6.07, 6.45) is 93.9. The number of hydrogen-bond donors (Lipinski definition) is 1. The molecule has 10 heteroatoms. The van der Waals surface area contributed by atoms with Crippen LogP contribution in [0.5, 0.6) is 0 Å². The van der Waals surface area contributed by atoms with Crippen molar-refractivity contribution in [2.45, 2.75) is 444 Å². The Morgan fingerprint density at radius 2 is 0.394 bits per heavy atom. The van der Waals surface area contributed by atoms with Crippen LogP contribution in [0.4, 0.5) is 0 Å². The second kappa shape index (κ2) is 70.8. The molecule has 558 valence electrons. The molecule has 0 heterocycles. The van der Waals surface area contributed by atoms with Crippen molar-refractivity contribution in [3.63, 3.8) is 0 Å². The summed E-state index contributed by atoms with van der Waals surface area (Å²) in [4.78, 5) is 20.1. The van der Waals surface area contributed by atoms with Gasteiger partial charge in [-0.3, -0.25) is 4.55 Å². The highest BCUT2D eigenvalue weighted by molar-refractivity contribution is 7.85. The fourth-order valence-electron chi connectivity index (χ4n) is 13.6. The lowest BCUT2D eigenvalue weighted by Crippen LogP contribution is -2.41. The van der Waals surface area contributed by atoms with Crippen LogP contribution in [0.25, 0.3) is 0 Å². The quantitative estimate of drug-likeness (QED) is 0.0390. The Morgan fingerprint density at radius 1 is 0.266 bits per heavy atom. The van der Waals surface area contributed by atoms with Gasteiger partial charge in [0.1, 0.15) is 0 Å². The molecule has 0 spiro atoms. The zero-order valence-electron chi connectivity index (χ0n) is 64.5. The van der Waals surface area contributed by atoms with Crippen LogP contribution >= 0.6 is 0 Å². The second-order valence-electron chi connectivity index (χ2n) is 30.8. The molecule has 0 atom stereocenters. The van der Waals surface area contributed by atoms with E-state index in [1.807, 2.05) is 0 Å². The zero-order chi connectivity index (χ0) is 69.6. The van der Waals surface area contributed by atoms with Gasteiger partial charge in [0.05, 0.1) is 71.2 Å². The molecule has 1 N–H and O–H groups in total. The highest BCUT2D eigenvalue weighted by Crippen LogP contribution is 2.21. The monoisotopic (exact) mass is 1350 g/mol. The van der Waals surface area contributed by atoms with Crippen molar-refractivity contribution in [1.29, 1.82) is 0 Å². The standard InChI is InChI=1S/2C38H80N.C8H6O7S/c2*1-5-7-9-11-13-15-17-19-21-23-25-27-29-31-33-35-37-39(3,4)38-36-34-32-30-28-26-24-22-20-18-16-14-12-10-8-6-2;9-7(10)4-1-5(8(11)12)3-6(2-4)16(13,14)15/h2*5-38H2,1-4H3;1-3H,(H,9,10)(H,11,12)(H,13,14,15)/q2*+1;/p-2. The minimum atomic E-state index is -4.70. The smallest absolute Gasteiger partial charge is 0.294 e. The van der Waals surface area contributed by atoms with E-state index in [0.717, 1.165) is 0 Å². The van der Waals surface area contributed by atoms with Crippen LogP contribution in [0, 0.1) is 0 Å². The number of carbonyl (C=O) groups excluding carboxylic acids is 2. The maximum atomic E-state index is 10.7. The van der Waals surface area contributed by atoms with Crippen molar-refractivity contribution < 1.29 is 41.7 Å². The zero-order valence-corrected chi connectivity index (χ0v) is 65.3. The molecule has 1 aromatic carbocycles. The van der Waals surface area contributed by atoms with Gasteiger partial charge in [0.25, 0.3) is 10.1 Å². The molecule has 0 aliphatic carbocycles. The minimum Gasteiger partial charge on any atom is -0.545 e. The molecule has 0 amide bonds. The van der Waals surface area contributed by atoms with Crippen LogP contribution in [-0.4, -0.2) is 88.2 Å². The Balaban J connectivity index is 0. The van der Waals surface area contributed by atoms with Crippen LogP contribution in [0.2, 0.25) is 0 Å². The Bertz CT molecular complexity index is 1660. The molecule has 0 aliphatic heterocycles. The predicted molar refractivity (Wildman–Crippen MR) is 407 cm³/mol. The molecular weight excluding hydrogens is 1180 g/mol. The van der Waals surface area contributed by atoms with Crippen LogP contribution < -0.4 is 10.2 Å². The molecule has 0 saturated heterocycles. The minimum absolute atomic E-state index is 0.580. The molecule has 1 aromatic rings. The van der Waals surface area contributed by atoms with Crippen molar-refractivity contribution in [3.05, 3.63) is 29.3 Å². The topological polar surface area (TPSA) is 135 Å². The maximum Gasteiger partial charge on any atom is 0.294 e. The molecule has 1 rings (SSSR count). The average molecular weight is 1350 g/mol. The van der Waals surface area contributed by atoms with E-state index in [1.54, 1.807) is 0 Å². The van der Waals surface area contributed by atoms with E-state index in [-0.39, 0.29) is 0 Å². The third kappa shape index (κ3) is 71.3. The van der Waals surface area contributed by atoms with Crippen molar-refractivity contribution in [1.82, 2.24) is 0 Å². The van der Waals surface area contributed by atoms with Gasteiger partial charge < -0.3 is 28.8 Å². The van der Waals surface area contributed by atoms with Gasteiger partial charge in [0.15, 0.2) is 0 Å². The van der Waals surface area contributed by atoms with E-state index in [0.29, 0.717) is 18.2 Å². The van der Waals surface area contributed by atoms with Crippen molar-refractivity contribution in [2.24, 2.45) is 0 Å². The average Bonchev–Trinajstić information content (AvgIpc) is 0.849. The van der Waals surface area contributed by atoms with E-state index in [2.05, 4.69) is 55.9 Å². The lowest BCUT2D eigenvalue weighted by molar-refractivity contribution is -0.890. The van der Waals surface area contributed by atoms with E-state index >= 15 is 0 Å². The molecule has 9 nitrogen and oxygen atoms in total. The summed E-state index contributed by atoms with van der Waals surface area (Å²) in [5.41, 5.74) is -1.37. The number of benzene rings is 1. The SMILES string of the molecule is CCCCCCCCCCCCCCCCCC[N+](C)(C)CCCCCCCCCCCCCCCCCC.CCCCCCCCCCCCCCCCCC[N+](C)(C)CCCCCCCCCCCCCCCCCC.O=C([O-])c1cc(C(=O)[O-])cc(S(=O)(=O)O)c1. The fraction of sp³-hybridized carbons (Fsp3) is 0.905. The van der Waals surface area contributed by atoms with Crippen molar-refractivity contribution >= 4 is 22.1 Å². The molecule has 0 unspecified atom stereocenters. The second-order valence-corrected chi connectivity index (χ2v) is 32.2. The van der Waals surface area contributed by atoms with E-state index in [1.165, 1.54) is 446 Å². The number of nitrogens with zero attached hydrogens (tertiary/aromatic N) is 2. The molecule has 0 fully saturated rings. The van der Waals surface area contributed by atoms with Gasteiger partial charge in [-0.15, -0.1) is 0 Å². The summed E-state index contributed by atoms with van der Waals surface area (Å²) < 4.78 is 32.6. The summed E-state index contributed by atoms with van der Waals surface area (Å²) in [7, 11) is 5.18. The van der Waals surface area contributed by atoms with Gasteiger partial charge in [-0.1, -0.05) is 387 Å². The Hall–Kier alpha value is -2.01. The first-order valence-corrected chi connectivity index (χ1v) is 43.1. The summed E-state index contributed by atoms with van der Waals surface area (Å²) >= 11 is 0. The third-order valence-electron chi connectivity index (χ3n) is 20.1. The van der Waals surface area contributed by atoms with E-state index < -0.39 is 38.1 Å². The Kier molecular flexibility index (Phi) is 70.9. The van der Waals surface area contributed by atoms with Crippen LogP contribution in [-0.2, 0) is 10.1 Å². The molecule has 0 aliphatic rings. The van der Waals surface area contributed by atoms with Crippen LogP contribution in [0.3, 0.4) is 0 Å². The molecule has 94 heavy (non-hydrogen) atoms. The highest BCUT2D eigenvalue weighted by atomic mass is 32.2. The van der Waals surface area contributed by atoms with Crippen molar-refractivity contribution in [2.75, 3.05) is 54.4 Å². The fourth-order valence-corrected chi connectivity index (χ4v) is 14.1. The summed E-state index contributed by atoms with van der Waals surface area (Å²) in [6.45, 7) is 14.8. The number of carbonyl (C=O) groups is 2. The summed E-state index contributed by atoms with van der Waals surface area (Å²) in [5.74, 6) is -3.54. The Morgan fingerprint density at radius 3 is 0.511 bits per heavy atom. The molecule has 0 radical (unpaired) electrons. The van der Waals surface area contributed by atoms with Crippen molar-refractivity contribution in [3.8, 4) is 0 Å². The highest BCUT2D eigenvalue weighted by Gasteiger charge is 2.16. The number of carboxylic acid groups (broad SMARTS) is 2. The van der Waals surface area contributed by atoms with Gasteiger partial charge in [-0.2, -0.15) is 8.42 Å². The number of unbranched alkanes of at least 4 members (excludes halogenated alkanes) is 60. The van der Waals surface area contributed by atoms with Crippen LogP contribution in [0.1, 0.15) is 459 Å². The number of hydrogen-bond acceptors (Lipinski definition) is 6. The maximum absolute atomic E-state index is 10.7. The lowest BCUT2D eigenvalue weighted by Gasteiger charge is -2.30. The molecule has 0 saturated carbocycles. The van der Waals surface area contributed by atoms with E-state index in [4.69, 9.17) is 4.55 Å². The predicted octanol–water partition coefficient (Wildman–Crippen LogP) is 24.8. The van der Waals surface area contributed by atoms with E-state index in [9.17, 15) is 28.2 Å². The summed E-state index contributed by atoms with van der Waals surface area (Å²) in [5, 5.41) is 20.9. The first-order valence-electron chi connectivity index (χ1n) is 41.7. The first kappa shape index (κ1) is 94.0. The summed E-state index contributed by atoms with van der Waals surface area (Å²) in [6, 6.07) is 1.83. The van der Waals surface area contributed by atoms with Crippen LogP contribution in [0.15, 0.2) is 23.1 Å². The molecular formula is C84H164N2O7S. The van der Waals surface area contributed by atoms with Gasteiger partial charge in [-0.05, 0) is 80.7 Å². The largest absolute Gasteiger partial charge is 0.545 e. The first-order chi connectivity index (χ1) is 45.5. The molecule has 0 aromatic heterocycles. The number of quaternary nitrogens is 2. The normalized spacial score (nSPS) is 11.8. The number of rotatable bonds is 71. The molecule has 0 bridgehead atoms.